The topological polar surface area (TPSA) is 25.2 Å². The minimum atomic E-state index is 0.742. The highest BCUT2D eigenvalue weighted by atomic mass is 16.3. The first kappa shape index (κ1) is 13.7. The first-order valence-electron chi connectivity index (χ1n) is 8.08. The Morgan fingerprint density at radius 2 is 2.05 bits per heavy atom. The molecule has 0 atom stereocenters. The first-order valence-corrected chi connectivity index (χ1v) is 8.08. The highest BCUT2D eigenvalue weighted by molar-refractivity contribution is 5.84. The zero-order valence-corrected chi connectivity index (χ0v) is 12.7. The number of hydrogen-bond donors (Lipinski definition) is 1. The predicted octanol–water partition coefficient (Wildman–Crippen LogP) is 4.76. The van der Waals surface area contributed by atoms with Gasteiger partial charge in [0, 0.05) is 10.9 Å². The van der Waals surface area contributed by atoms with Gasteiger partial charge in [-0.2, -0.15) is 0 Å². The second kappa shape index (κ2) is 6.01. The van der Waals surface area contributed by atoms with Gasteiger partial charge in [0.15, 0.2) is 0 Å². The predicted molar refractivity (Wildman–Crippen MR) is 84.2 cm³/mol. The molecule has 2 nitrogen and oxygen atoms in total. The highest BCUT2D eigenvalue weighted by Gasteiger charge is 2.30. The van der Waals surface area contributed by atoms with Crippen molar-refractivity contribution >= 4 is 11.0 Å². The number of fused-ring (bicyclic) bond motifs is 1. The molecule has 0 unspecified atom stereocenters. The van der Waals surface area contributed by atoms with Crippen LogP contribution in [-0.2, 0) is 13.0 Å². The fourth-order valence-corrected chi connectivity index (χ4v) is 2.99. The molecule has 3 rings (SSSR count). The van der Waals surface area contributed by atoms with Crippen molar-refractivity contribution in [3.8, 4) is 0 Å². The lowest BCUT2D eigenvalue weighted by molar-refractivity contribution is 0.507. The molecule has 0 amide bonds. The molecule has 1 heterocycles. The molecule has 2 heteroatoms. The van der Waals surface area contributed by atoms with Crippen molar-refractivity contribution < 1.29 is 4.42 Å². The van der Waals surface area contributed by atoms with Crippen LogP contribution in [0.15, 0.2) is 22.6 Å². The summed E-state index contributed by atoms with van der Waals surface area (Å²) in [5, 5.41) is 4.85. The summed E-state index contributed by atoms with van der Waals surface area (Å²) in [5.41, 5.74) is 4.00. The van der Waals surface area contributed by atoms with Gasteiger partial charge in [-0.25, -0.2) is 0 Å². The summed E-state index contributed by atoms with van der Waals surface area (Å²) in [6, 6.07) is 6.74. The van der Waals surface area contributed by atoms with Crippen LogP contribution < -0.4 is 5.32 Å². The summed E-state index contributed by atoms with van der Waals surface area (Å²) in [6.45, 7) is 6.37. The molecule has 1 aliphatic rings. The summed E-state index contributed by atoms with van der Waals surface area (Å²) in [4.78, 5) is 0. The molecule has 0 aliphatic heterocycles. The van der Waals surface area contributed by atoms with Gasteiger partial charge in [-0.1, -0.05) is 26.3 Å². The van der Waals surface area contributed by atoms with E-state index in [4.69, 9.17) is 4.42 Å². The average Bonchev–Trinajstić information content (AvgIpc) is 3.21. The zero-order valence-electron chi connectivity index (χ0n) is 12.7. The third kappa shape index (κ3) is 2.76. The number of aryl methyl sites for hydroxylation is 1. The Balaban J connectivity index is 1.95. The van der Waals surface area contributed by atoms with E-state index in [9.17, 15) is 0 Å². The summed E-state index contributed by atoms with van der Waals surface area (Å²) in [6.07, 6.45) is 6.18. The minimum Gasteiger partial charge on any atom is -0.459 e. The van der Waals surface area contributed by atoms with Gasteiger partial charge in [-0.05, 0) is 55.8 Å². The first-order chi connectivity index (χ1) is 9.83. The lowest BCUT2D eigenvalue weighted by Gasteiger charge is -2.03. The van der Waals surface area contributed by atoms with E-state index < -0.39 is 0 Å². The lowest BCUT2D eigenvalue weighted by Crippen LogP contribution is -2.14. The fraction of sp³-hybridized carbons (Fsp3) is 0.556. The van der Waals surface area contributed by atoms with Crippen LogP contribution in [0.1, 0.15) is 62.3 Å². The van der Waals surface area contributed by atoms with Gasteiger partial charge in [-0.3, -0.25) is 0 Å². The van der Waals surface area contributed by atoms with Crippen LogP contribution in [0, 0.1) is 0 Å². The van der Waals surface area contributed by atoms with Gasteiger partial charge >= 0.3 is 0 Å². The molecule has 0 saturated heterocycles. The van der Waals surface area contributed by atoms with Crippen molar-refractivity contribution in [2.75, 3.05) is 6.54 Å². The van der Waals surface area contributed by atoms with Crippen LogP contribution in [0.5, 0.6) is 0 Å². The Hall–Kier alpha value is -1.28. The van der Waals surface area contributed by atoms with Gasteiger partial charge in [0.1, 0.15) is 11.3 Å². The zero-order chi connectivity index (χ0) is 13.9. The minimum absolute atomic E-state index is 0.742. The Bertz CT molecular complexity index is 580. The van der Waals surface area contributed by atoms with Gasteiger partial charge < -0.3 is 9.73 Å². The van der Waals surface area contributed by atoms with Crippen LogP contribution >= 0.6 is 0 Å². The Labute approximate surface area is 121 Å². The van der Waals surface area contributed by atoms with Gasteiger partial charge in [0.25, 0.3) is 0 Å². The van der Waals surface area contributed by atoms with Gasteiger partial charge in [0.2, 0.25) is 0 Å². The molecule has 1 fully saturated rings. The van der Waals surface area contributed by atoms with Crippen LogP contribution in [0.3, 0.4) is 0 Å². The van der Waals surface area contributed by atoms with E-state index in [-0.39, 0.29) is 0 Å². The standard InChI is InChI=1S/C18H25NO/c1-3-5-13-6-9-16-15(11-13)18(14-7-8-14)17(20-16)12-19-10-4-2/h6,9,11,14,19H,3-5,7-8,10,12H2,1-2H3. The maximum absolute atomic E-state index is 6.12. The molecule has 1 aromatic heterocycles. The molecule has 0 spiro atoms. The average molecular weight is 271 g/mol. The molecular formula is C18H25NO. The molecule has 1 aliphatic carbocycles. The maximum atomic E-state index is 6.12. The van der Waals surface area contributed by atoms with Crippen molar-refractivity contribution in [1.29, 1.82) is 0 Å². The molecule has 0 bridgehead atoms. The third-order valence-electron chi connectivity index (χ3n) is 4.10. The van der Waals surface area contributed by atoms with E-state index in [0.717, 1.165) is 31.0 Å². The quantitative estimate of drug-likeness (QED) is 0.734. The van der Waals surface area contributed by atoms with E-state index in [2.05, 4.69) is 37.4 Å². The number of rotatable bonds is 7. The third-order valence-corrected chi connectivity index (χ3v) is 4.10. The fourth-order valence-electron chi connectivity index (χ4n) is 2.99. The number of hydrogen-bond acceptors (Lipinski definition) is 2. The normalized spacial score (nSPS) is 15.1. The number of furan rings is 1. The Kier molecular flexibility index (Phi) is 4.11. The maximum Gasteiger partial charge on any atom is 0.134 e. The second-order valence-electron chi connectivity index (χ2n) is 5.97. The van der Waals surface area contributed by atoms with Crippen molar-refractivity contribution in [1.82, 2.24) is 5.32 Å². The van der Waals surface area contributed by atoms with E-state index in [1.165, 1.54) is 48.0 Å². The summed E-state index contributed by atoms with van der Waals surface area (Å²) < 4.78 is 6.12. The smallest absolute Gasteiger partial charge is 0.134 e. The van der Waals surface area contributed by atoms with E-state index in [1.807, 2.05) is 0 Å². The molecular weight excluding hydrogens is 246 g/mol. The van der Waals surface area contributed by atoms with Crippen molar-refractivity contribution in [3.05, 3.63) is 35.1 Å². The molecule has 1 aromatic carbocycles. The van der Waals surface area contributed by atoms with E-state index >= 15 is 0 Å². The largest absolute Gasteiger partial charge is 0.459 e. The Morgan fingerprint density at radius 3 is 2.75 bits per heavy atom. The monoisotopic (exact) mass is 271 g/mol. The van der Waals surface area contributed by atoms with E-state index in [1.54, 1.807) is 0 Å². The Morgan fingerprint density at radius 1 is 1.20 bits per heavy atom. The van der Waals surface area contributed by atoms with E-state index in [0.29, 0.717) is 0 Å². The summed E-state index contributed by atoms with van der Waals surface area (Å²) >= 11 is 0. The molecule has 1 N–H and O–H groups in total. The highest BCUT2D eigenvalue weighted by Crippen LogP contribution is 2.46. The van der Waals surface area contributed by atoms with Crippen molar-refractivity contribution in [2.24, 2.45) is 0 Å². The molecule has 1 saturated carbocycles. The summed E-state index contributed by atoms with van der Waals surface area (Å²) in [5.74, 6) is 1.91. The van der Waals surface area contributed by atoms with Crippen LogP contribution in [0.2, 0.25) is 0 Å². The van der Waals surface area contributed by atoms with Gasteiger partial charge in [-0.15, -0.1) is 0 Å². The van der Waals surface area contributed by atoms with Crippen LogP contribution in [-0.4, -0.2) is 6.54 Å². The molecule has 20 heavy (non-hydrogen) atoms. The van der Waals surface area contributed by atoms with Crippen molar-refractivity contribution in [2.45, 2.75) is 58.4 Å². The molecule has 108 valence electrons. The lowest BCUT2D eigenvalue weighted by atomic mass is 10.0. The van der Waals surface area contributed by atoms with Crippen LogP contribution in [0.4, 0.5) is 0 Å². The SMILES string of the molecule is CCCNCc1oc2ccc(CCC)cc2c1C1CC1. The van der Waals surface area contributed by atoms with Gasteiger partial charge in [0.05, 0.1) is 6.54 Å². The second-order valence-corrected chi connectivity index (χ2v) is 5.97. The number of nitrogens with one attached hydrogen (secondary N) is 1. The van der Waals surface area contributed by atoms with Crippen LogP contribution in [0.25, 0.3) is 11.0 Å². The molecule has 0 radical (unpaired) electrons. The summed E-state index contributed by atoms with van der Waals surface area (Å²) in [7, 11) is 0. The number of benzene rings is 1. The van der Waals surface area contributed by atoms with Crippen molar-refractivity contribution in [3.63, 3.8) is 0 Å². The molecule has 2 aromatic rings.